The van der Waals surface area contributed by atoms with Crippen molar-refractivity contribution in [2.75, 3.05) is 26.2 Å². The molecule has 4 rings (SSSR count). The van der Waals surface area contributed by atoms with Crippen molar-refractivity contribution < 1.29 is 9.53 Å². The summed E-state index contributed by atoms with van der Waals surface area (Å²) in [4.78, 5) is 21.2. The van der Waals surface area contributed by atoms with Crippen LogP contribution in [0.3, 0.4) is 0 Å². The first-order valence-electron chi connectivity index (χ1n) is 10.1. The van der Waals surface area contributed by atoms with E-state index in [0.717, 1.165) is 49.1 Å². The molecule has 0 radical (unpaired) electrons. The van der Waals surface area contributed by atoms with Gasteiger partial charge >= 0.3 is 0 Å². The zero-order valence-corrected chi connectivity index (χ0v) is 17.5. The third-order valence-electron chi connectivity index (χ3n) is 5.18. The number of hydrogen-bond donors (Lipinski definition) is 0. The smallest absolute Gasteiger partial charge is 0.253 e. The van der Waals surface area contributed by atoms with Crippen LogP contribution in [-0.4, -0.2) is 46.9 Å². The zero-order chi connectivity index (χ0) is 20.8. The summed E-state index contributed by atoms with van der Waals surface area (Å²) in [5.74, 6) is 0.804. The maximum absolute atomic E-state index is 12.8. The molecule has 30 heavy (non-hydrogen) atoms. The van der Waals surface area contributed by atoms with Crippen LogP contribution < -0.4 is 4.74 Å². The Morgan fingerprint density at radius 3 is 2.43 bits per heavy atom. The number of pyridine rings is 1. The summed E-state index contributed by atoms with van der Waals surface area (Å²) in [6.07, 6.45) is 3.52. The summed E-state index contributed by atoms with van der Waals surface area (Å²) in [7, 11) is 0. The number of halogens is 1. The van der Waals surface area contributed by atoms with E-state index in [4.69, 9.17) is 16.3 Å². The second-order valence-corrected chi connectivity index (χ2v) is 7.81. The molecule has 0 atom stereocenters. The average Bonchev–Trinajstić information content (AvgIpc) is 2.79. The lowest BCUT2D eigenvalue weighted by atomic mass is 10.1. The summed E-state index contributed by atoms with van der Waals surface area (Å²) in [5.41, 5.74) is 2.89. The van der Waals surface area contributed by atoms with E-state index in [-0.39, 0.29) is 5.91 Å². The standard InChI is InChI=1S/C24H24ClN3O2/c25-22-5-1-3-19(15-22)17-27-11-13-28(14-12-27)24(29)21-6-8-23(9-7-21)30-18-20-4-2-10-26-16-20/h1-10,15-16H,11-14,17-18H2. The molecule has 6 heteroatoms. The molecule has 2 aromatic carbocycles. The van der Waals surface area contributed by atoms with Crippen molar-refractivity contribution in [2.45, 2.75) is 13.2 Å². The molecule has 3 aromatic rings. The van der Waals surface area contributed by atoms with Crippen LogP contribution in [0.1, 0.15) is 21.5 Å². The van der Waals surface area contributed by atoms with Crippen LogP contribution in [0.5, 0.6) is 5.75 Å². The van der Waals surface area contributed by atoms with Crippen LogP contribution in [0.25, 0.3) is 0 Å². The van der Waals surface area contributed by atoms with E-state index < -0.39 is 0 Å². The van der Waals surface area contributed by atoms with Crippen LogP contribution in [0, 0.1) is 0 Å². The van der Waals surface area contributed by atoms with Crippen LogP contribution >= 0.6 is 11.6 Å². The molecule has 0 bridgehead atoms. The molecule has 0 spiro atoms. The summed E-state index contributed by atoms with van der Waals surface area (Å²) in [5, 5.41) is 0.758. The van der Waals surface area contributed by atoms with Crippen LogP contribution in [0.4, 0.5) is 0 Å². The number of benzene rings is 2. The second-order valence-electron chi connectivity index (χ2n) is 7.37. The maximum Gasteiger partial charge on any atom is 0.253 e. The molecule has 0 unspecified atom stereocenters. The van der Waals surface area contributed by atoms with Gasteiger partial charge < -0.3 is 9.64 Å². The third-order valence-corrected chi connectivity index (χ3v) is 5.42. The van der Waals surface area contributed by atoms with Crippen LogP contribution in [0.15, 0.2) is 73.1 Å². The second kappa shape index (κ2) is 9.74. The van der Waals surface area contributed by atoms with Gasteiger partial charge in [0.2, 0.25) is 0 Å². The Morgan fingerprint density at radius 2 is 1.73 bits per heavy atom. The number of amides is 1. The van der Waals surface area contributed by atoms with Crippen molar-refractivity contribution in [3.05, 3.63) is 94.8 Å². The molecule has 1 fully saturated rings. The Labute approximate surface area is 181 Å². The van der Waals surface area contributed by atoms with E-state index >= 15 is 0 Å². The van der Waals surface area contributed by atoms with E-state index in [2.05, 4.69) is 16.0 Å². The van der Waals surface area contributed by atoms with Gasteiger partial charge in [0.25, 0.3) is 5.91 Å². The van der Waals surface area contributed by atoms with E-state index in [9.17, 15) is 4.79 Å². The lowest BCUT2D eigenvalue weighted by Gasteiger charge is -2.34. The number of carbonyl (C=O) groups is 1. The molecule has 0 N–H and O–H groups in total. The summed E-state index contributed by atoms with van der Waals surface area (Å²) >= 11 is 6.07. The Bertz CT molecular complexity index is 971. The Morgan fingerprint density at radius 1 is 0.967 bits per heavy atom. The van der Waals surface area contributed by atoms with E-state index in [1.165, 1.54) is 5.56 Å². The van der Waals surface area contributed by atoms with Gasteiger partial charge in [-0.1, -0.05) is 29.8 Å². The summed E-state index contributed by atoms with van der Waals surface area (Å²) in [6, 6.07) is 19.2. The van der Waals surface area contributed by atoms with Crippen molar-refractivity contribution >= 4 is 17.5 Å². The highest BCUT2D eigenvalue weighted by molar-refractivity contribution is 6.30. The molecule has 1 aliphatic heterocycles. The fourth-order valence-electron chi connectivity index (χ4n) is 3.53. The topological polar surface area (TPSA) is 45.7 Å². The molecular weight excluding hydrogens is 398 g/mol. The van der Waals surface area contributed by atoms with E-state index in [1.54, 1.807) is 12.4 Å². The van der Waals surface area contributed by atoms with Gasteiger partial charge in [0.05, 0.1) is 0 Å². The van der Waals surface area contributed by atoms with E-state index in [1.807, 2.05) is 59.5 Å². The third kappa shape index (κ3) is 5.38. The Balaban J connectivity index is 1.27. The highest BCUT2D eigenvalue weighted by atomic mass is 35.5. The van der Waals surface area contributed by atoms with Gasteiger partial charge in [-0.3, -0.25) is 14.7 Å². The van der Waals surface area contributed by atoms with Crippen molar-refractivity contribution in [3.63, 3.8) is 0 Å². The number of nitrogens with zero attached hydrogens (tertiary/aromatic N) is 3. The predicted molar refractivity (Wildman–Crippen MR) is 118 cm³/mol. The Kier molecular flexibility index (Phi) is 6.62. The summed E-state index contributed by atoms with van der Waals surface area (Å²) in [6.45, 7) is 4.45. The minimum atomic E-state index is 0.0659. The quantitative estimate of drug-likeness (QED) is 0.596. The molecular formula is C24H24ClN3O2. The van der Waals surface area contributed by atoms with Crippen molar-refractivity contribution in [2.24, 2.45) is 0 Å². The number of piperazine rings is 1. The normalized spacial score (nSPS) is 14.5. The molecule has 0 saturated carbocycles. The number of aromatic nitrogens is 1. The summed E-state index contributed by atoms with van der Waals surface area (Å²) < 4.78 is 5.77. The molecule has 0 aliphatic carbocycles. The molecule has 2 heterocycles. The van der Waals surface area contributed by atoms with E-state index in [0.29, 0.717) is 12.2 Å². The first kappa shape index (κ1) is 20.4. The predicted octanol–water partition coefficient (Wildman–Crippen LogP) is 4.27. The molecule has 1 saturated heterocycles. The molecule has 154 valence electrons. The molecule has 1 amide bonds. The largest absolute Gasteiger partial charge is 0.489 e. The first-order chi connectivity index (χ1) is 14.7. The van der Waals surface area contributed by atoms with Gasteiger partial charge in [-0.05, 0) is 48.0 Å². The number of hydrogen-bond acceptors (Lipinski definition) is 4. The highest BCUT2D eigenvalue weighted by Gasteiger charge is 2.22. The number of ether oxygens (including phenoxy) is 1. The maximum atomic E-state index is 12.8. The van der Waals surface area contributed by atoms with Crippen molar-refractivity contribution in [3.8, 4) is 5.75 Å². The van der Waals surface area contributed by atoms with Crippen LogP contribution in [0.2, 0.25) is 5.02 Å². The van der Waals surface area contributed by atoms with Crippen LogP contribution in [-0.2, 0) is 13.2 Å². The SMILES string of the molecule is O=C(c1ccc(OCc2cccnc2)cc1)N1CCN(Cc2cccc(Cl)c2)CC1. The minimum Gasteiger partial charge on any atom is -0.489 e. The van der Waals surface area contributed by atoms with Gasteiger partial charge in [0.1, 0.15) is 12.4 Å². The van der Waals surface area contributed by atoms with Gasteiger partial charge in [0.15, 0.2) is 0 Å². The average molecular weight is 422 g/mol. The fourth-order valence-corrected chi connectivity index (χ4v) is 3.74. The molecule has 1 aromatic heterocycles. The molecule has 5 nitrogen and oxygen atoms in total. The van der Waals surface area contributed by atoms with Crippen molar-refractivity contribution in [1.29, 1.82) is 0 Å². The highest BCUT2D eigenvalue weighted by Crippen LogP contribution is 2.17. The Hall–Kier alpha value is -2.89. The van der Waals surface area contributed by atoms with Crippen molar-refractivity contribution in [1.82, 2.24) is 14.8 Å². The zero-order valence-electron chi connectivity index (χ0n) is 16.7. The van der Waals surface area contributed by atoms with Gasteiger partial charge in [-0.15, -0.1) is 0 Å². The number of carbonyl (C=O) groups excluding carboxylic acids is 1. The van der Waals surface area contributed by atoms with Gasteiger partial charge in [-0.25, -0.2) is 0 Å². The lowest BCUT2D eigenvalue weighted by molar-refractivity contribution is 0.0628. The van der Waals surface area contributed by atoms with Gasteiger partial charge in [0, 0.05) is 61.3 Å². The lowest BCUT2D eigenvalue weighted by Crippen LogP contribution is -2.48. The molecule has 1 aliphatic rings. The number of rotatable bonds is 6. The van der Waals surface area contributed by atoms with Gasteiger partial charge in [-0.2, -0.15) is 0 Å². The first-order valence-corrected chi connectivity index (χ1v) is 10.4. The fraction of sp³-hybridized carbons (Fsp3) is 0.250. The monoisotopic (exact) mass is 421 g/mol. The minimum absolute atomic E-state index is 0.0659.